The Morgan fingerprint density at radius 1 is 0.370 bits per heavy atom. The van der Waals surface area contributed by atoms with Gasteiger partial charge in [0.05, 0.1) is 11.4 Å². The molecule has 8 aromatic carbocycles. The standard InChI is InChI=1S/C50H33N3S/c1-4-15-35(16-5-1)45-33-46(39-27-26-34-14-10-11-17-36(34)30-39)52-50(51-45)44-24-13-25-47-49(44)43-29-28-38(32-48(43)54-47)37-18-12-23-42(31-37)53(40-19-6-2-7-20-40)41-21-8-3-9-22-41/h1-33H. The van der Waals surface area contributed by atoms with E-state index in [-0.39, 0.29) is 0 Å². The zero-order chi connectivity index (χ0) is 35.8. The van der Waals surface area contributed by atoms with Crippen LogP contribution in [0.3, 0.4) is 0 Å². The van der Waals surface area contributed by atoms with E-state index in [0.717, 1.165) is 51.0 Å². The average molecular weight is 708 g/mol. The third-order valence-electron chi connectivity index (χ3n) is 10.0. The smallest absolute Gasteiger partial charge is 0.161 e. The lowest BCUT2D eigenvalue weighted by molar-refractivity contribution is 1.19. The van der Waals surface area contributed by atoms with Crippen molar-refractivity contribution in [1.29, 1.82) is 0 Å². The van der Waals surface area contributed by atoms with Crippen LogP contribution < -0.4 is 4.90 Å². The second kappa shape index (κ2) is 13.6. The van der Waals surface area contributed by atoms with Crippen molar-refractivity contribution < 1.29 is 0 Å². The summed E-state index contributed by atoms with van der Waals surface area (Å²) in [6, 6.07) is 70.9. The number of hydrogen-bond acceptors (Lipinski definition) is 4. The first-order valence-electron chi connectivity index (χ1n) is 18.2. The van der Waals surface area contributed by atoms with Gasteiger partial charge < -0.3 is 4.90 Å². The van der Waals surface area contributed by atoms with Gasteiger partial charge in [-0.3, -0.25) is 0 Å². The molecule has 0 saturated carbocycles. The van der Waals surface area contributed by atoms with Gasteiger partial charge in [0.15, 0.2) is 5.82 Å². The summed E-state index contributed by atoms with van der Waals surface area (Å²) >= 11 is 1.82. The maximum Gasteiger partial charge on any atom is 0.161 e. The molecule has 10 rings (SSSR count). The maximum absolute atomic E-state index is 5.27. The predicted molar refractivity (Wildman–Crippen MR) is 229 cm³/mol. The molecule has 54 heavy (non-hydrogen) atoms. The molecule has 0 amide bonds. The van der Waals surface area contributed by atoms with Crippen molar-refractivity contribution in [3.63, 3.8) is 0 Å². The summed E-state index contributed by atoms with van der Waals surface area (Å²) in [4.78, 5) is 12.8. The van der Waals surface area contributed by atoms with Gasteiger partial charge in [-0.05, 0) is 82.6 Å². The van der Waals surface area contributed by atoms with Crippen molar-refractivity contribution >= 4 is 59.3 Å². The number of hydrogen-bond donors (Lipinski definition) is 0. The molecule has 10 aromatic rings. The van der Waals surface area contributed by atoms with Crippen molar-refractivity contribution in [3.8, 4) is 45.0 Å². The largest absolute Gasteiger partial charge is 0.310 e. The summed E-state index contributed by atoms with van der Waals surface area (Å²) in [7, 11) is 0. The molecule has 2 aromatic heterocycles. The summed E-state index contributed by atoms with van der Waals surface area (Å²) < 4.78 is 2.45. The first kappa shape index (κ1) is 31.8. The average Bonchev–Trinajstić information content (AvgIpc) is 3.63. The quantitative estimate of drug-likeness (QED) is 0.165. The van der Waals surface area contributed by atoms with E-state index in [1.165, 1.54) is 42.1 Å². The van der Waals surface area contributed by atoms with Crippen LogP contribution in [0.4, 0.5) is 17.1 Å². The molecule has 254 valence electrons. The van der Waals surface area contributed by atoms with Crippen molar-refractivity contribution in [1.82, 2.24) is 9.97 Å². The van der Waals surface area contributed by atoms with Crippen LogP contribution in [0.25, 0.3) is 76.0 Å². The first-order chi connectivity index (χ1) is 26.7. The number of aromatic nitrogens is 2. The number of para-hydroxylation sites is 2. The Morgan fingerprint density at radius 2 is 0.963 bits per heavy atom. The van der Waals surface area contributed by atoms with Crippen LogP contribution in [-0.4, -0.2) is 9.97 Å². The third kappa shape index (κ3) is 5.89. The van der Waals surface area contributed by atoms with Crippen molar-refractivity contribution in [3.05, 3.63) is 200 Å². The van der Waals surface area contributed by atoms with E-state index in [4.69, 9.17) is 9.97 Å². The highest BCUT2D eigenvalue weighted by Gasteiger charge is 2.18. The van der Waals surface area contributed by atoms with Crippen LogP contribution in [0.5, 0.6) is 0 Å². The van der Waals surface area contributed by atoms with Crippen LogP contribution in [-0.2, 0) is 0 Å². The fourth-order valence-electron chi connectivity index (χ4n) is 7.44. The Hall–Kier alpha value is -6.88. The minimum absolute atomic E-state index is 0.725. The fourth-order valence-corrected chi connectivity index (χ4v) is 8.61. The normalized spacial score (nSPS) is 11.3. The van der Waals surface area contributed by atoms with Gasteiger partial charge in [-0.1, -0.05) is 140 Å². The molecule has 0 N–H and O–H groups in total. The monoisotopic (exact) mass is 707 g/mol. The van der Waals surface area contributed by atoms with E-state index in [9.17, 15) is 0 Å². The molecule has 0 atom stereocenters. The van der Waals surface area contributed by atoms with E-state index < -0.39 is 0 Å². The second-order valence-electron chi connectivity index (χ2n) is 13.4. The number of thiophene rings is 1. The Morgan fingerprint density at radius 3 is 1.72 bits per heavy atom. The van der Waals surface area contributed by atoms with Crippen molar-refractivity contribution in [2.45, 2.75) is 0 Å². The SMILES string of the molecule is c1ccc(-c2cc(-c3ccc4ccccc4c3)nc(-c3cccc4sc5cc(-c6cccc(N(c7ccccc7)c7ccccc7)c6)ccc5c34)n2)cc1. The van der Waals surface area contributed by atoms with E-state index >= 15 is 0 Å². The van der Waals surface area contributed by atoms with Crippen molar-refractivity contribution in [2.75, 3.05) is 4.90 Å². The molecule has 0 unspecified atom stereocenters. The number of rotatable bonds is 7. The van der Waals surface area contributed by atoms with Crippen LogP contribution >= 0.6 is 11.3 Å². The van der Waals surface area contributed by atoms with Gasteiger partial charge in [-0.2, -0.15) is 0 Å². The predicted octanol–water partition coefficient (Wildman–Crippen LogP) is 14.1. The van der Waals surface area contributed by atoms with Gasteiger partial charge in [0, 0.05) is 53.9 Å². The van der Waals surface area contributed by atoms with E-state index in [1.54, 1.807) is 0 Å². The summed E-state index contributed by atoms with van der Waals surface area (Å²) in [6.07, 6.45) is 0. The van der Waals surface area contributed by atoms with E-state index in [2.05, 4.69) is 199 Å². The van der Waals surface area contributed by atoms with E-state index in [1.807, 2.05) is 17.4 Å². The zero-order valence-corrected chi connectivity index (χ0v) is 30.1. The van der Waals surface area contributed by atoms with Gasteiger partial charge >= 0.3 is 0 Å². The zero-order valence-electron chi connectivity index (χ0n) is 29.3. The molecule has 0 saturated heterocycles. The highest BCUT2D eigenvalue weighted by molar-refractivity contribution is 7.26. The molecule has 4 heteroatoms. The number of benzene rings is 8. The van der Waals surface area contributed by atoms with Crippen LogP contribution in [0.1, 0.15) is 0 Å². The minimum Gasteiger partial charge on any atom is -0.310 e. The fraction of sp³-hybridized carbons (Fsp3) is 0. The van der Waals surface area contributed by atoms with Gasteiger partial charge in [-0.25, -0.2) is 9.97 Å². The van der Waals surface area contributed by atoms with E-state index in [0.29, 0.717) is 0 Å². The van der Waals surface area contributed by atoms with Crippen LogP contribution in [0.2, 0.25) is 0 Å². The summed E-state index contributed by atoms with van der Waals surface area (Å²) in [5.41, 5.74) is 10.7. The third-order valence-corrected chi connectivity index (χ3v) is 11.2. The van der Waals surface area contributed by atoms with Crippen molar-refractivity contribution in [2.24, 2.45) is 0 Å². The second-order valence-corrected chi connectivity index (χ2v) is 14.5. The summed E-state index contributed by atoms with van der Waals surface area (Å²) in [5, 5.41) is 4.80. The Balaban J connectivity index is 1.09. The van der Waals surface area contributed by atoms with Gasteiger partial charge in [0.1, 0.15) is 0 Å². The molecule has 0 fully saturated rings. The highest BCUT2D eigenvalue weighted by atomic mass is 32.1. The van der Waals surface area contributed by atoms with Crippen LogP contribution in [0.15, 0.2) is 200 Å². The minimum atomic E-state index is 0.725. The lowest BCUT2D eigenvalue weighted by Gasteiger charge is -2.25. The number of anilines is 3. The molecule has 3 nitrogen and oxygen atoms in total. The molecular weight excluding hydrogens is 675 g/mol. The number of fused-ring (bicyclic) bond motifs is 4. The Kier molecular flexibility index (Phi) is 8.01. The summed E-state index contributed by atoms with van der Waals surface area (Å²) in [6.45, 7) is 0. The van der Waals surface area contributed by atoms with Gasteiger partial charge in [0.2, 0.25) is 0 Å². The lowest BCUT2D eigenvalue weighted by Crippen LogP contribution is -2.09. The highest BCUT2D eigenvalue weighted by Crippen LogP contribution is 2.43. The molecule has 0 radical (unpaired) electrons. The Labute approximate surface area is 318 Å². The molecule has 0 spiro atoms. The molecule has 0 aliphatic heterocycles. The van der Waals surface area contributed by atoms with Gasteiger partial charge in [0.25, 0.3) is 0 Å². The molecule has 0 bridgehead atoms. The number of nitrogens with zero attached hydrogens (tertiary/aromatic N) is 3. The summed E-state index contributed by atoms with van der Waals surface area (Å²) in [5.74, 6) is 0.725. The Bertz CT molecular complexity index is 2900. The molecule has 2 heterocycles. The first-order valence-corrected chi connectivity index (χ1v) is 19.0. The molecule has 0 aliphatic rings. The lowest BCUT2D eigenvalue weighted by atomic mass is 10.00. The molecule has 0 aliphatic carbocycles. The van der Waals surface area contributed by atoms with Crippen LogP contribution in [0, 0.1) is 0 Å². The van der Waals surface area contributed by atoms with Gasteiger partial charge in [-0.15, -0.1) is 11.3 Å². The molecular formula is C50H33N3S. The topological polar surface area (TPSA) is 29.0 Å². The maximum atomic E-state index is 5.27.